The van der Waals surface area contributed by atoms with E-state index in [9.17, 15) is 0 Å². The zero-order valence-corrected chi connectivity index (χ0v) is 11.6. The lowest BCUT2D eigenvalue weighted by molar-refractivity contribution is 0.470. The highest BCUT2D eigenvalue weighted by Crippen LogP contribution is 2.35. The molecule has 1 nitrogen and oxygen atoms in total. The first-order chi connectivity index (χ1) is 7.49. The Bertz CT molecular complexity index is 328. The van der Waals surface area contributed by atoms with Gasteiger partial charge >= 0.3 is 0 Å². The Hall–Kier alpha value is -0.240. The SMILES string of the molecule is CCCNCC(C)(C)c1c(Cl)cccc1Cl. The fourth-order valence-corrected chi connectivity index (χ4v) is 2.72. The zero-order chi connectivity index (χ0) is 12.2. The molecule has 0 amide bonds. The Labute approximate surface area is 108 Å². The fourth-order valence-electron chi connectivity index (χ4n) is 1.81. The zero-order valence-electron chi connectivity index (χ0n) is 10.1. The molecule has 1 rings (SSSR count). The molecule has 0 aromatic heterocycles. The van der Waals surface area contributed by atoms with Crippen molar-refractivity contribution in [3.05, 3.63) is 33.8 Å². The van der Waals surface area contributed by atoms with Crippen LogP contribution in [0, 0.1) is 0 Å². The molecule has 16 heavy (non-hydrogen) atoms. The van der Waals surface area contributed by atoms with Crippen molar-refractivity contribution >= 4 is 23.2 Å². The second kappa shape index (κ2) is 5.90. The maximum absolute atomic E-state index is 6.21. The Morgan fingerprint density at radius 3 is 2.25 bits per heavy atom. The van der Waals surface area contributed by atoms with Gasteiger partial charge in [-0.05, 0) is 30.7 Å². The predicted molar refractivity (Wildman–Crippen MR) is 72.6 cm³/mol. The minimum Gasteiger partial charge on any atom is -0.316 e. The molecular formula is C13H19Cl2N. The Kier molecular flexibility index (Phi) is 5.10. The van der Waals surface area contributed by atoms with Crippen LogP contribution in [0.1, 0.15) is 32.8 Å². The van der Waals surface area contributed by atoms with Gasteiger partial charge < -0.3 is 5.32 Å². The molecular weight excluding hydrogens is 241 g/mol. The van der Waals surface area contributed by atoms with Crippen molar-refractivity contribution in [2.24, 2.45) is 0 Å². The van der Waals surface area contributed by atoms with Crippen LogP contribution in [-0.2, 0) is 5.41 Å². The molecule has 0 heterocycles. The minimum atomic E-state index is -0.0510. The summed E-state index contributed by atoms with van der Waals surface area (Å²) in [6.07, 6.45) is 1.13. The topological polar surface area (TPSA) is 12.0 Å². The summed E-state index contributed by atoms with van der Waals surface area (Å²) >= 11 is 12.4. The van der Waals surface area contributed by atoms with E-state index in [4.69, 9.17) is 23.2 Å². The van der Waals surface area contributed by atoms with Crippen LogP contribution in [0.25, 0.3) is 0 Å². The maximum atomic E-state index is 6.21. The van der Waals surface area contributed by atoms with Crippen LogP contribution in [0.15, 0.2) is 18.2 Å². The van der Waals surface area contributed by atoms with E-state index in [1.165, 1.54) is 0 Å². The number of benzene rings is 1. The van der Waals surface area contributed by atoms with Gasteiger partial charge in [-0.3, -0.25) is 0 Å². The van der Waals surface area contributed by atoms with Crippen LogP contribution >= 0.6 is 23.2 Å². The van der Waals surface area contributed by atoms with Crippen molar-refractivity contribution in [1.29, 1.82) is 0 Å². The first-order valence-corrected chi connectivity index (χ1v) is 6.40. The van der Waals surface area contributed by atoms with E-state index in [0.29, 0.717) is 0 Å². The van der Waals surface area contributed by atoms with Gasteiger partial charge in [0.25, 0.3) is 0 Å². The van der Waals surface area contributed by atoms with Gasteiger partial charge in [0, 0.05) is 22.0 Å². The third-order valence-corrected chi connectivity index (χ3v) is 3.26. The third-order valence-electron chi connectivity index (χ3n) is 2.63. The maximum Gasteiger partial charge on any atom is 0.0458 e. The van der Waals surface area contributed by atoms with Crippen molar-refractivity contribution in [3.63, 3.8) is 0 Å². The summed E-state index contributed by atoms with van der Waals surface area (Å²) in [6, 6.07) is 5.67. The van der Waals surface area contributed by atoms with E-state index in [0.717, 1.165) is 35.1 Å². The molecule has 0 bridgehead atoms. The summed E-state index contributed by atoms with van der Waals surface area (Å²) in [5.41, 5.74) is 0.979. The van der Waals surface area contributed by atoms with Crippen LogP contribution in [0.4, 0.5) is 0 Å². The summed E-state index contributed by atoms with van der Waals surface area (Å²) < 4.78 is 0. The first kappa shape index (κ1) is 13.8. The number of nitrogens with one attached hydrogen (secondary N) is 1. The van der Waals surface area contributed by atoms with Gasteiger partial charge in [-0.1, -0.05) is 50.0 Å². The van der Waals surface area contributed by atoms with Crippen LogP contribution < -0.4 is 5.32 Å². The van der Waals surface area contributed by atoms with E-state index in [-0.39, 0.29) is 5.41 Å². The molecule has 0 unspecified atom stereocenters. The smallest absolute Gasteiger partial charge is 0.0458 e. The monoisotopic (exact) mass is 259 g/mol. The number of hydrogen-bond acceptors (Lipinski definition) is 1. The van der Waals surface area contributed by atoms with Gasteiger partial charge in [-0.2, -0.15) is 0 Å². The van der Waals surface area contributed by atoms with E-state index < -0.39 is 0 Å². The first-order valence-electron chi connectivity index (χ1n) is 5.64. The molecule has 0 saturated carbocycles. The summed E-state index contributed by atoms with van der Waals surface area (Å²) in [5.74, 6) is 0. The van der Waals surface area contributed by atoms with Crippen molar-refractivity contribution in [1.82, 2.24) is 5.32 Å². The molecule has 3 heteroatoms. The van der Waals surface area contributed by atoms with E-state index >= 15 is 0 Å². The third kappa shape index (κ3) is 3.38. The molecule has 1 aromatic rings. The van der Waals surface area contributed by atoms with Crippen molar-refractivity contribution in [2.45, 2.75) is 32.6 Å². The molecule has 0 aliphatic heterocycles. The fraction of sp³-hybridized carbons (Fsp3) is 0.538. The van der Waals surface area contributed by atoms with Crippen LogP contribution in [-0.4, -0.2) is 13.1 Å². The van der Waals surface area contributed by atoms with E-state index in [1.54, 1.807) is 0 Å². The van der Waals surface area contributed by atoms with Crippen LogP contribution in [0.2, 0.25) is 10.0 Å². The van der Waals surface area contributed by atoms with Crippen molar-refractivity contribution < 1.29 is 0 Å². The Balaban J connectivity index is 2.88. The van der Waals surface area contributed by atoms with Crippen molar-refractivity contribution in [3.8, 4) is 0 Å². The molecule has 90 valence electrons. The average molecular weight is 260 g/mol. The highest BCUT2D eigenvalue weighted by atomic mass is 35.5. The predicted octanol–water partition coefficient (Wildman–Crippen LogP) is 4.27. The Morgan fingerprint density at radius 1 is 1.19 bits per heavy atom. The highest BCUT2D eigenvalue weighted by molar-refractivity contribution is 6.36. The number of rotatable bonds is 5. The van der Waals surface area contributed by atoms with Gasteiger partial charge in [0.05, 0.1) is 0 Å². The van der Waals surface area contributed by atoms with Gasteiger partial charge in [-0.25, -0.2) is 0 Å². The van der Waals surface area contributed by atoms with Crippen molar-refractivity contribution in [2.75, 3.05) is 13.1 Å². The molecule has 0 saturated heterocycles. The van der Waals surface area contributed by atoms with Gasteiger partial charge in [0.2, 0.25) is 0 Å². The largest absolute Gasteiger partial charge is 0.316 e. The standard InChI is InChI=1S/C13H19Cl2N/c1-4-8-16-9-13(2,3)12-10(14)6-5-7-11(12)15/h5-7,16H,4,8-9H2,1-3H3. The molecule has 0 aliphatic carbocycles. The van der Waals surface area contributed by atoms with Gasteiger partial charge in [0.1, 0.15) is 0 Å². The molecule has 0 fully saturated rings. The molecule has 1 aromatic carbocycles. The molecule has 0 spiro atoms. The summed E-state index contributed by atoms with van der Waals surface area (Å²) in [6.45, 7) is 8.36. The van der Waals surface area contributed by atoms with Gasteiger partial charge in [-0.15, -0.1) is 0 Å². The van der Waals surface area contributed by atoms with E-state index in [1.807, 2.05) is 18.2 Å². The lowest BCUT2D eigenvalue weighted by Crippen LogP contribution is -2.33. The summed E-state index contributed by atoms with van der Waals surface area (Å²) in [7, 11) is 0. The molecule has 1 N–H and O–H groups in total. The van der Waals surface area contributed by atoms with E-state index in [2.05, 4.69) is 26.1 Å². The van der Waals surface area contributed by atoms with Crippen LogP contribution in [0.5, 0.6) is 0 Å². The lowest BCUT2D eigenvalue weighted by atomic mass is 9.84. The van der Waals surface area contributed by atoms with Gasteiger partial charge in [0.15, 0.2) is 0 Å². The molecule has 0 radical (unpaired) electrons. The summed E-state index contributed by atoms with van der Waals surface area (Å²) in [4.78, 5) is 0. The second-order valence-electron chi connectivity index (χ2n) is 4.66. The normalized spacial score (nSPS) is 11.8. The Morgan fingerprint density at radius 2 is 1.75 bits per heavy atom. The average Bonchev–Trinajstić information content (AvgIpc) is 2.17. The number of hydrogen-bond donors (Lipinski definition) is 1. The minimum absolute atomic E-state index is 0.0510. The molecule has 0 aliphatic rings. The second-order valence-corrected chi connectivity index (χ2v) is 5.47. The quantitative estimate of drug-likeness (QED) is 0.779. The number of halogens is 2. The summed E-state index contributed by atoms with van der Waals surface area (Å²) in [5, 5.41) is 4.90. The van der Waals surface area contributed by atoms with Crippen LogP contribution in [0.3, 0.4) is 0 Å². The highest BCUT2D eigenvalue weighted by Gasteiger charge is 2.25. The molecule has 0 atom stereocenters. The lowest BCUT2D eigenvalue weighted by Gasteiger charge is -2.27.